The van der Waals surface area contributed by atoms with Crippen molar-refractivity contribution in [1.82, 2.24) is 0 Å². The van der Waals surface area contributed by atoms with Gasteiger partial charge in [-0.1, -0.05) is 0 Å². The summed E-state index contributed by atoms with van der Waals surface area (Å²) in [6.07, 6.45) is 0. The Hall–Kier alpha value is -0.877. The normalized spacial score (nSPS) is 16.1. The predicted molar refractivity (Wildman–Crippen MR) is 72.0 cm³/mol. The van der Waals surface area contributed by atoms with Crippen LogP contribution in [-0.2, 0) is 21.8 Å². The fourth-order valence-electron chi connectivity index (χ4n) is 3.01. The number of methoxy groups -OCH3 is 1. The zero-order valence-corrected chi connectivity index (χ0v) is 13.5. The van der Waals surface area contributed by atoms with E-state index in [9.17, 15) is 0 Å². The number of ether oxygens (including phenoxy) is 1. The van der Waals surface area contributed by atoms with Crippen LogP contribution in [0.3, 0.4) is 0 Å². The Morgan fingerprint density at radius 2 is 1.67 bits per heavy atom. The maximum absolute atomic E-state index is 5.56. The number of hydrogen-bond donors (Lipinski definition) is 0. The van der Waals surface area contributed by atoms with Gasteiger partial charge in [-0.05, 0) is 0 Å². The van der Waals surface area contributed by atoms with Crippen LogP contribution in [0.25, 0.3) is 11.1 Å². The molecule has 1 aliphatic carbocycles. The van der Waals surface area contributed by atoms with Crippen LogP contribution >= 0.6 is 0 Å². The average Bonchev–Trinajstić information content (AvgIpc) is 2.73. The van der Waals surface area contributed by atoms with E-state index in [1.165, 1.54) is 22.3 Å². The van der Waals surface area contributed by atoms with Gasteiger partial charge in [-0.3, -0.25) is 0 Å². The summed E-state index contributed by atoms with van der Waals surface area (Å²) < 4.78 is 11.2. The van der Waals surface area contributed by atoms with Gasteiger partial charge in [-0.15, -0.1) is 0 Å². The maximum atomic E-state index is 5.56. The summed E-state index contributed by atoms with van der Waals surface area (Å²) in [7, 11) is 1.77. The number of rotatable bonds is 2. The minimum absolute atomic E-state index is 0.689. The van der Waals surface area contributed by atoms with E-state index in [-0.39, 0.29) is 0 Å². The summed E-state index contributed by atoms with van der Waals surface area (Å²) in [4.78, 5) is 0. The van der Waals surface area contributed by atoms with Gasteiger partial charge in [0.25, 0.3) is 0 Å². The van der Waals surface area contributed by atoms with Crippen molar-refractivity contribution in [3.8, 4) is 16.9 Å². The van der Waals surface area contributed by atoms with Crippen molar-refractivity contribution < 1.29 is 26.5 Å². The first kappa shape index (κ1) is 12.2. The van der Waals surface area contributed by atoms with E-state index >= 15 is 0 Å². The Kier molecular flexibility index (Phi) is 3.15. The van der Waals surface area contributed by atoms with Gasteiger partial charge < -0.3 is 0 Å². The van der Waals surface area contributed by atoms with Crippen molar-refractivity contribution in [2.24, 2.45) is 0 Å². The zero-order valence-electron chi connectivity index (χ0n) is 11.0. The monoisotopic (exact) mass is 315 g/mol. The van der Waals surface area contributed by atoms with Crippen LogP contribution in [0.1, 0.15) is 14.8 Å². The molecule has 2 aromatic rings. The molecule has 1 nitrogen and oxygen atoms in total. The summed E-state index contributed by atoms with van der Waals surface area (Å²) in [6.45, 7) is 0. The van der Waals surface area contributed by atoms with Gasteiger partial charge in [0, 0.05) is 0 Å². The van der Waals surface area contributed by atoms with Crippen LogP contribution in [0.5, 0.6) is 5.75 Å². The Labute approximate surface area is 116 Å². The van der Waals surface area contributed by atoms with Crippen molar-refractivity contribution in [2.75, 3.05) is 7.11 Å². The van der Waals surface area contributed by atoms with Gasteiger partial charge in [-0.2, -0.15) is 0 Å². The van der Waals surface area contributed by atoms with Gasteiger partial charge in [-0.25, -0.2) is 0 Å². The third-order valence-electron chi connectivity index (χ3n) is 3.71. The quantitative estimate of drug-likeness (QED) is 0.794. The number of fused-ring (bicyclic) bond motifs is 3. The molecule has 0 heterocycles. The van der Waals surface area contributed by atoms with E-state index in [1.807, 2.05) is 0 Å². The third-order valence-corrected chi connectivity index (χ3v) is 8.08. The van der Waals surface area contributed by atoms with E-state index in [1.54, 1.807) is 7.11 Å². The summed E-state index contributed by atoms with van der Waals surface area (Å²) >= 11 is -1.36. The predicted octanol–water partition coefficient (Wildman–Crippen LogP) is 4.48. The molecule has 0 aliphatic heterocycles. The van der Waals surface area contributed by atoms with E-state index < -0.39 is 21.8 Å². The summed E-state index contributed by atoms with van der Waals surface area (Å²) in [5, 5.41) is 0. The Morgan fingerprint density at radius 1 is 0.944 bits per heavy atom. The molecule has 0 spiro atoms. The summed E-state index contributed by atoms with van der Waals surface area (Å²) in [5.74, 6) is 1.02. The molecular weight excluding hydrogens is 299 g/mol. The first-order valence-electron chi connectivity index (χ1n) is 6.30. The van der Waals surface area contributed by atoms with Crippen LogP contribution in [0.4, 0.5) is 0 Å². The van der Waals surface area contributed by atoms with Crippen LogP contribution in [0.15, 0.2) is 42.5 Å². The van der Waals surface area contributed by atoms with Crippen molar-refractivity contribution in [1.29, 1.82) is 0 Å². The van der Waals surface area contributed by atoms with Crippen LogP contribution in [0, 0.1) is 0 Å². The van der Waals surface area contributed by atoms with Crippen LogP contribution < -0.4 is 4.74 Å². The van der Waals surface area contributed by atoms with E-state index in [0.29, 0.717) is 3.63 Å². The van der Waals surface area contributed by atoms with Crippen LogP contribution in [0.2, 0.25) is 9.26 Å². The third kappa shape index (κ3) is 1.70. The van der Waals surface area contributed by atoms with Crippen molar-refractivity contribution in [3.63, 3.8) is 0 Å². The second-order valence-corrected chi connectivity index (χ2v) is 11.7. The molecular formula is C16H17OZr. The molecule has 0 aromatic heterocycles. The Morgan fingerprint density at radius 3 is 2.39 bits per heavy atom. The topological polar surface area (TPSA) is 9.23 Å². The van der Waals surface area contributed by atoms with E-state index in [0.717, 1.165) is 5.75 Å². The molecule has 0 radical (unpaired) electrons. The average molecular weight is 317 g/mol. The molecule has 0 fully saturated rings. The van der Waals surface area contributed by atoms with Gasteiger partial charge in [0.15, 0.2) is 0 Å². The molecule has 2 heteroatoms. The molecule has 0 saturated heterocycles. The number of hydrogen-bond acceptors (Lipinski definition) is 1. The minimum atomic E-state index is -1.36. The van der Waals surface area contributed by atoms with Gasteiger partial charge in [0.2, 0.25) is 0 Å². The molecule has 3 rings (SSSR count). The molecule has 18 heavy (non-hydrogen) atoms. The van der Waals surface area contributed by atoms with Crippen LogP contribution in [-0.4, -0.2) is 7.11 Å². The van der Waals surface area contributed by atoms with Crippen molar-refractivity contribution in [2.45, 2.75) is 12.9 Å². The molecule has 0 saturated carbocycles. The van der Waals surface area contributed by atoms with Crippen molar-refractivity contribution in [3.05, 3.63) is 53.6 Å². The van der Waals surface area contributed by atoms with Gasteiger partial charge in [0.1, 0.15) is 0 Å². The fraction of sp³-hybridized carbons (Fsp3) is 0.250. The second kappa shape index (κ2) is 4.66. The molecule has 0 amide bonds. The van der Waals surface area contributed by atoms with Gasteiger partial charge in [0.05, 0.1) is 0 Å². The summed E-state index contributed by atoms with van der Waals surface area (Å²) in [6, 6.07) is 15.3. The molecule has 91 valence electrons. The van der Waals surface area contributed by atoms with E-state index in [2.05, 4.69) is 51.7 Å². The SMILES string of the molecule is COc1cccc2c1-c1ccccc1[CH]2[Zr]([CH3])[CH3]. The molecule has 1 atom stereocenters. The first-order valence-corrected chi connectivity index (χ1v) is 12.6. The first-order chi connectivity index (χ1) is 8.74. The molecule has 0 N–H and O–H groups in total. The standard InChI is InChI=1S/C14H11O.2CH3.Zr/c1-15-13-8-4-6-11-9-10-5-2-3-7-12(10)14(11)13;;;/h2-9H,1H3;2*1H3;. The fourth-order valence-corrected chi connectivity index (χ4v) is 7.28. The van der Waals surface area contributed by atoms with Gasteiger partial charge >= 0.3 is 117 Å². The van der Waals surface area contributed by atoms with E-state index in [4.69, 9.17) is 4.74 Å². The molecule has 1 aliphatic rings. The second-order valence-electron chi connectivity index (χ2n) is 5.02. The summed E-state index contributed by atoms with van der Waals surface area (Å²) in [5.41, 5.74) is 5.74. The Bertz CT molecular complexity index is 589. The molecule has 0 bridgehead atoms. The molecule has 1 unspecified atom stereocenters. The molecule has 2 aromatic carbocycles. The number of benzene rings is 2. The zero-order chi connectivity index (χ0) is 12.7. The Balaban J connectivity index is 2.32. The van der Waals surface area contributed by atoms with Crippen molar-refractivity contribution >= 4 is 0 Å².